The Morgan fingerprint density at radius 2 is 2.10 bits per heavy atom. The van der Waals surface area contributed by atoms with Crippen molar-refractivity contribution >= 4 is 23.2 Å². The highest BCUT2D eigenvalue weighted by Crippen LogP contribution is 2.31. The Kier molecular flexibility index (Phi) is 4.29. The van der Waals surface area contributed by atoms with Crippen LogP contribution in [-0.4, -0.2) is 37.0 Å². The van der Waals surface area contributed by atoms with Gasteiger partial charge in [0.25, 0.3) is 5.91 Å². The summed E-state index contributed by atoms with van der Waals surface area (Å²) in [6.45, 7) is 1.24. The third-order valence-electron chi connectivity index (χ3n) is 4.45. The lowest BCUT2D eigenvalue weighted by Crippen LogP contribution is -2.42. The maximum atomic E-state index is 12.7. The van der Waals surface area contributed by atoms with Crippen LogP contribution in [-0.2, 0) is 22.4 Å². The van der Waals surface area contributed by atoms with Gasteiger partial charge in [-0.3, -0.25) is 9.59 Å². The molecule has 4 nitrogen and oxygen atoms in total. The van der Waals surface area contributed by atoms with Gasteiger partial charge in [0.05, 0.1) is 17.9 Å². The Morgan fingerprint density at radius 1 is 1.29 bits per heavy atom. The van der Waals surface area contributed by atoms with Crippen LogP contribution in [0.25, 0.3) is 0 Å². The van der Waals surface area contributed by atoms with Crippen molar-refractivity contribution < 1.29 is 14.3 Å². The van der Waals surface area contributed by atoms with Crippen LogP contribution in [0.4, 0.5) is 0 Å². The largest absolute Gasteiger partial charge is 0.469 e. The van der Waals surface area contributed by atoms with Gasteiger partial charge >= 0.3 is 5.97 Å². The van der Waals surface area contributed by atoms with E-state index in [1.807, 2.05) is 4.90 Å². The van der Waals surface area contributed by atoms with Crippen LogP contribution >= 0.6 is 11.3 Å². The zero-order chi connectivity index (χ0) is 14.8. The number of nitrogens with zero attached hydrogens (tertiary/aromatic N) is 1. The van der Waals surface area contributed by atoms with Gasteiger partial charge in [-0.05, 0) is 50.2 Å². The highest BCUT2D eigenvalue weighted by molar-refractivity contribution is 7.14. The predicted molar refractivity (Wildman–Crippen MR) is 81.6 cm³/mol. The first-order chi connectivity index (χ1) is 10.2. The van der Waals surface area contributed by atoms with Crippen LogP contribution < -0.4 is 0 Å². The van der Waals surface area contributed by atoms with Gasteiger partial charge in [0.15, 0.2) is 0 Å². The molecule has 5 heteroatoms. The molecule has 1 aliphatic heterocycles. The number of methoxy groups -OCH3 is 1. The van der Waals surface area contributed by atoms with Gasteiger partial charge in [-0.1, -0.05) is 0 Å². The zero-order valence-electron chi connectivity index (χ0n) is 12.4. The summed E-state index contributed by atoms with van der Waals surface area (Å²) < 4.78 is 4.82. The molecule has 114 valence electrons. The molecule has 0 radical (unpaired) electrons. The van der Waals surface area contributed by atoms with E-state index in [0.717, 1.165) is 37.1 Å². The van der Waals surface area contributed by atoms with Gasteiger partial charge < -0.3 is 9.64 Å². The molecule has 1 aliphatic carbocycles. The van der Waals surface area contributed by atoms with Gasteiger partial charge in [-0.15, -0.1) is 11.3 Å². The summed E-state index contributed by atoms with van der Waals surface area (Å²) in [6.07, 6.45) is 6.36. The van der Waals surface area contributed by atoms with Crippen LogP contribution in [0.3, 0.4) is 0 Å². The number of ether oxygens (including phenoxy) is 1. The number of hydrogen-bond acceptors (Lipinski definition) is 4. The van der Waals surface area contributed by atoms with Crippen molar-refractivity contribution in [3.8, 4) is 0 Å². The van der Waals surface area contributed by atoms with E-state index >= 15 is 0 Å². The molecule has 0 saturated carbocycles. The predicted octanol–water partition coefficient (Wildman–Crippen LogP) is 2.65. The SMILES string of the molecule is COC(=O)C1CCCN(C(=O)c2cc3c(s2)CCCC3)C1. The van der Waals surface area contributed by atoms with Gasteiger partial charge in [-0.25, -0.2) is 0 Å². The number of hydrogen-bond donors (Lipinski definition) is 0. The minimum Gasteiger partial charge on any atom is -0.469 e. The summed E-state index contributed by atoms with van der Waals surface area (Å²) in [7, 11) is 1.41. The standard InChI is InChI=1S/C16H21NO3S/c1-20-16(19)12-6-4-8-17(10-12)15(18)14-9-11-5-2-3-7-13(11)21-14/h9,12H,2-8,10H2,1H3. The number of carbonyl (C=O) groups is 2. The number of fused-ring (bicyclic) bond motifs is 1. The number of rotatable bonds is 2. The first-order valence-corrected chi connectivity index (χ1v) is 8.49. The molecule has 3 rings (SSSR count). The van der Waals surface area contributed by atoms with Crippen molar-refractivity contribution in [2.24, 2.45) is 5.92 Å². The highest BCUT2D eigenvalue weighted by Gasteiger charge is 2.30. The molecule has 1 amide bonds. The summed E-state index contributed by atoms with van der Waals surface area (Å²) >= 11 is 1.65. The van der Waals surface area contributed by atoms with E-state index in [9.17, 15) is 9.59 Å². The van der Waals surface area contributed by atoms with Crippen LogP contribution in [0.1, 0.15) is 45.8 Å². The fourth-order valence-corrected chi connectivity index (χ4v) is 4.49. The van der Waals surface area contributed by atoms with E-state index in [-0.39, 0.29) is 17.8 Å². The quantitative estimate of drug-likeness (QED) is 0.789. The number of esters is 1. The topological polar surface area (TPSA) is 46.6 Å². The second kappa shape index (κ2) is 6.18. The summed E-state index contributed by atoms with van der Waals surface area (Å²) in [4.78, 5) is 28.4. The number of carbonyl (C=O) groups excluding carboxylic acids is 2. The van der Waals surface area contributed by atoms with Crippen molar-refractivity contribution in [1.29, 1.82) is 0 Å². The summed E-state index contributed by atoms with van der Waals surface area (Å²) in [5, 5.41) is 0. The fraction of sp³-hybridized carbons (Fsp3) is 0.625. The van der Waals surface area contributed by atoms with Crippen LogP contribution in [0.5, 0.6) is 0 Å². The molecule has 0 aromatic carbocycles. The number of aryl methyl sites for hydroxylation is 2. The molecule has 2 heterocycles. The van der Waals surface area contributed by atoms with Crippen LogP contribution in [0.15, 0.2) is 6.07 Å². The molecule has 2 aliphatic rings. The molecule has 1 fully saturated rings. The Balaban J connectivity index is 1.72. The lowest BCUT2D eigenvalue weighted by Gasteiger charge is -2.31. The third kappa shape index (κ3) is 2.98. The molecule has 1 saturated heterocycles. The number of amides is 1. The van der Waals surface area contributed by atoms with E-state index in [0.29, 0.717) is 6.54 Å². The molecule has 0 spiro atoms. The molecule has 1 aromatic heterocycles. The normalized spacial score (nSPS) is 21.8. The van der Waals surface area contributed by atoms with Crippen molar-refractivity contribution in [1.82, 2.24) is 4.90 Å². The van der Waals surface area contributed by atoms with Gasteiger partial charge in [0.1, 0.15) is 0 Å². The van der Waals surface area contributed by atoms with E-state index in [1.54, 1.807) is 11.3 Å². The Hall–Kier alpha value is -1.36. The van der Waals surface area contributed by atoms with Crippen molar-refractivity contribution in [3.63, 3.8) is 0 Å². The zero-order valence-corrected chi connectivity index (χ0v) is 13.2. The highest BCUT2D eigenvalue weighted by atomic mass is 32.1. The molecule has 1 unspecified atom stereocenters. The first kappa shape index (κ1) is 14.6. The average Bonchev–Trinajstić information content (AvgIpc) is 2.97. The molecule has 21 heavy (non-hydrogen) atoms. The number of piperidine rings is 1. The number of thiophene rings is 1. The van der Waals surface area contributed by atoms with E-state index in [2.05, 4.69) is 6.07 Å². The maximum absolute atomic E-state index is 12.7. The Labute approximate surface area is 129 Å². The maximum Gasteiger partial charge on any atom is 0.310 e. The molecule has 1 atom stereocenters. The Morgan fingerprint density at radius 3 is 2.86 bits per heavy atom. The minimum absolute atomic E-state index is 0.0861. The molecule has 0 bridgehead atoms. The second-order valence-corrected chi connectivity index (χ2v) is 7.02. The van der Waals surface area contributed by atoms with Crippen LogP contribution in [0.2, 0.25) is 0 Å². The lowest BCUT2D eigenvalue weighted by atomic mass is 9.97. The van der Waals surface area contributed by atoms with E-state index < -0.39 is 0 Å². The molecular formula is C16H21NO3S. The average molecular weight is 307 g/mol. The van der Waals surface area contributed by atoms with Crippen molar-refractivity contribution in [2.45, 2.75) is 38.5 Å². The monoisotopic (exact) mass is 307 g/mol. The van der Waals surface area contributed by atoms with Crippen LogP contribution in [0, 0.1) is 5.92 Å². The lowest BCUT2D eigenvalue weighted by molar-refractivity contribution is -0.146. The van der Waals surface area contributed by atoms with Gasteiger partial charge in [0.2, 0.25) is 0 Å². The summed E-state index contributed by atoms with van der Waals surface area (Å²) in [5.41, 5.74) is 1.36. The third-order valence-corrected chi connectivity index (χ3v) is 5.68. The molecular weight excluding hydrogens is 286 g/mol. The smallest absolute Gasteiger partial charge is 0.310 e. The van der Waals surface area contributed by atoms with Crippen molar-refractivity contribution in [2.75, 3.05) is 20.2 Å². The molecule has 1 aromatic rings. The fourth-order valence-electron chi connectivity index (χ4n) is 3.27. The van der Waals surface area contributed by atoms with Crippen molar-refractivity contribution in [3.05, 3.63) is 21.4 Å². The van der Waals surface area contributed by atoms with E-state index in [4.69, 9.17) is 4.74 Å². The summed E-state index contributed by atoms with van der Waals surface area (Å²) in [6, 6.07) is 2.07. The minimum atomic E-state index is -0.196. The summed E-state index contributed by atoms with van der Waals surface area (Å²) in [5.74, 6) is -0.275. The second-order valence-electron chi connectivity index (χ2n) is 5.88. The van der Waals surface area contributed by atoms with Gasteiger partial charge in [-0.2, -0.15) is 0 Å². The van der Waals surface area contributed by atoms with Gasteiger partial charge in [0, 0.05) is 18.0 Å². The Bertz CT molecular complexity index is 528. The van der Waals surface area contributed by atoms with E-state index in [1.165, 1.54) is 30.4 Å². The molecule has 0 N–H and O–H groups in total. The number of likely N-dealkylation sites (tertiary alicyclic amines) is 1. The first-order valence-electron chi connectivity index (χ1n) is 7.67.